The van der Waals surface area contributed by atoms with Crippen LogP contribution < -0.4 is 11.1 Å². The van der Waals surface area contributed by atoms with E-state index in [-0.39, 0.29) is 0 Å². The average molecular weight is 184 g/mol. The number of rotatable bonds is 1. The molecule has 3 N–H and O–H groups in total. The molecule has 0 aliphatic carbocycles. The maximum absolute atomic E-state index is 5.63. The van der Waals surface area contributed by atoms with E-state index < -0.39 is 0 Å². The summed E-state index contributed by atoms with van der Waals surface area (Å²) in [5, 5.41) is 3.55. The summed E-state index contributed by atoms with van der Waals surface area (Å²) in [4.78, 5) is 0. The zero-order valence-corrected chi connectivity index (χ0v) is 8.22. The van der Waals surface area contributed by atoms with Gasteiger partial charge in [0.25, 0.3) is 0 Å². The van der Waals surface area contributed by atoms with E-state index in [0.717, 1.165) is 26.3 Å². The van der Waals surface area contributed by atoms with Crippen LogP contribution >= 0.6 is 0 Å². The van der Waals surface area contributed by atoms with Gasteiger partial charge in [0.2, 0.25) is 0 Å². The Morgan fingerprint density at radius 1 is 1.31 bits per heavy atom. The molecular formula is C10H20N2O. The van der Waals surface area contributed by atoms with Crippen LogP contribution in [0.15, 0.2) is 0 Å². The SMILES string of the molecule is NCC1CCC2(CCOCC2)CN1. The van der Waals surface area contributed by atoms with Crippen LogP contribution in [-0.4, -0.2) is 32.3 Å². The molecule has 0 amide bonds. The molecule has 2 aliphatic heterocycles. The second kappa shape index (κ2) is 3.95. The predicted octanol–water partition coefficient (Wildman–Crippen LogP) is 0.494. The first-order valence-corrected chi connectivity index (χ1v) is 5.36. The van der Waals surface area contributed by atoms with Gasteiger partial charge in [-0.25, -0.2) is 0 Å². The fourth-order valence-electron chi connectivity index (χ4n) is 2.46. The topological polar surface area (TPSA) is 47.3 Å². The third kappa shape index (κ3) is 2.03. The third-order valence-electron chi connectivity index (χ3n) is 3.63. The van der Waals surface area contributed by atoms with Gasteiger partial charge in [0.1, 0.15) is 0 Å². The molecule has 76 valence electrons. The van der Waals surface area contributed by atoms with Gasteiger partial charge >= 0.3 is 0 Å². The van der Waals surface area contributed by atoms with Crippen molar-refractivity contribution in [1.82, 2.24) is 5.32 Å². The normalized spacial score (nSPS) is 33.5. The maximum Gasteiger partial charge on any atom is 0.0471 e. The van der Waals surface area contributed by atoms with Crippen molar-refractivity contribution in [1.29, 1.82) is 0 Å². The van der Waals surface area contributed by atoms with Crippen molar-refractivity contribution in [2.45, 2.75) is 31.7 Å². The Kier molecular flexibility index (Phi) is 2.86. The van der Waals surface area contributed by atoms with E-state index in [2.05, 4.69) is 5.32 Å². The molecule has 1 spiro atoms. The summed E-state index contributed by atoms with van der Waals surface area (Å²) in [5.74, 6) is 0. The van der Waals surface area contributed by atoms with Gasteiger partial charge in [-0.05, 0) is 31.1 Å². The smallest absolute Gasteiger partial charge is 0.0471 e. The van der Waals surface area contributed by atoms with E-state index in [1.165, 1.54) is 25.7 Å². The van der Waals surface area contributed by atoms with Crippen molar-refractivity contribution in [3.63, 3.8) is 0 Å². The molecule has 0 radical (unpaired) electrons. The first-order valence-electron chi connectivity index (χ1n) is 5.36. The molecule has 2 saturated heterocycles. The van der Waals surface area contributed by atoms with Gasteiger partial charge in [0.05, 0.1) is 0 Å². The van der Waals surface area contributed by atoms with E-state index in [4.69, 9.17) is 10.5 Å². The van der Waals surface area contributed by atoms with Crippen molar-refractivity contribution in [2.24, 2.45) is 11.1 Å². The zero-order chi connectivity index (χ0) is 9.15. The highest BCUT2D eigenvalue weighted by Crippen LogP contribution is 2.37. The van der Waals surface area contributed by atoms with Crippen molar-refractivity contribution in [2.75, 3.05) is 26.3 Å². The number of piperidine rings is 1. The molecule has 0 aromatic rings. The Bertz CT molecular complexity index is 156. The lowest BCUT2D eigenvalue weighted by atomic mass is 9.73. The van der Waals surface area contributed by atoms with Gasteiger partial charge in [-0.15, -0.1) is 0 Å². The van der Waals surface area contributed by atoms with Gasteiger partial charge in [0, 0.05) is 32.3 Å². The van der Waals surface area contributed by atoms with Crippen LogP contribution in [0.2, 0.25) is 0 Å². The summed E-state index contributed by atoms with van der Waals surface area (Å²) in [5.41, 5.74) is 6.18. The number of nitrogens with one attached hydrogen (secondary N) is 1. The standard InChI is InChI=1S/C10H20N2O/c11-7-9-1-2-10(8-12-9)3-5-13-6-4-10/h9,12H,1-8,11H2. The molecule has 1 atom stereocenters. The summed E-state index contributed by atoms with van der Waals surface area (Å²) in [6.45, 7) is 3.84. The zero-order valence-electron chi connectivity index (χ0n) is 8.22. The molecule has 1 unspecified atom stereocenters. The third-order valence-corrected chi connectivity index (χ3v) is 3.63. The number of hydrogen-bond donors (Lipinski definition) is 2. The summed E-state index contributed by atoms with van der Waals surface area (Å²) in [6, 6.07) is 0.563. The van der Waals surface area contributed by atoms with Gasteiger partial charge in [-0.2, -0.15) is 0 Å². The molecule has 3 heteroatoms. The molecule has 0 saturated carbocycles. The molecule has 3 nitrogen and oxygen atoms in total. The Morgan fingerprint density at radius 3 is 2.62 bits per heavy atom. The molecule has 0 aromatic heterocycles. The number of nitrogens with two attached hydrogens (primary N) is 1. The van der Waals surface area contributed by atoms with Crippen LogP contribution in [0.25, 0.3) is 0 Å². The first kappa shape index (κ1) is 9.44. The molecule has 2 heterocycles. The van der Waals surface area contributed by atoms with E-state index in [0.29, 0.717) is 11.5 Å². The largest absolute Gasteiger partial charge is 0.381 e. The summed E-state index contributed by atoms with van der Waals surface area (Å²) in [7, 11) is 0. The van der Waals surface area contributed by atoms with E-state index in [1.807, 2.05) is 0 Å². The van der Waals surface area contributed by atoms with Crippen molar-refractivity contribution in [3.05, 3.63) is 0 Å². The highest BCUT2D eigenvalue weighted by atomic mass is 16.5. The number of ether oxygens (including phenoxy) is 1. The van der Waals surface area contributed by atoms with Crippen molar-refractivity contribution >= 4 is 0 Å². The lowest BCUT2D eigenvalue weighted by Crippen LogP contribution is -2.50. The van der Waals surface area contributed by atoms with Crippen molar-refractivity contribution < 1.29 is 4.74 Å². The van der Waals surface area contributed by atoms with E-state index in [1.54, 1.807) is 0 Å². The molecular weight excluding hydrogens is 164 g/mol. The minimum atomic E-state index is 0.546. The fraction of sp³-hybridized carbons (Fsp3) is 1.00. The Morgan fingerprint density at radius 2 is 2.08 bits per heavy atom. The lowest BCUT2D eigenvalue weighted by molar-refractivity contribution is -0.00263. The number of hydrogen-bond acceptors (Lipinski definition) is 3. The first-order chi connectivity index (χ1) is 6.35. The fourth-order valence-corrected chi connectivity index (χ4v) is 2.46. The van der Waals surface area contributed by atoms with Gasteiger partial charge in [-0.1, -0.05) is 0 Å². The summed E-state index contributed by atoms with van der Waals surface area (Å²) < 4.78 is 5.40. The summed E-state index contributed by atoms with van der Waals surface area (Å²) >= 11 is 0. The second-order valence-corrected chi connectivity index (χ2v) is 4.46. The van der Waals surface area contributed by atoms with Crippen LogP contribution in [0.4, 0.5) is 0 Å². The van der Waals surface area contributed by atoms with Gasteiger partial charge < -0.3 is 15.8 Å². The Balaban J connectivity index is 1.87. The van der Waals surface area contributed by atoms with Gasteiger partial charge in [0.15, 0.2) is 0 Å². The summed E-state index contributed by atoms with van der Waals surface area (Å²) in [6.07, 6.45) is 5.05. The second-order valence-electron chi connectivity index (χ2n) is 4.46. The van der Waals surface area contributed by atoms with Crippen LogP contribution in [-0.2, 0) is 4.74 Å². The predicted molar refractivity (Wildman–Crippen MR) is 52.6 cm³/mol. The molecule has 2 fully saturated rings. The van der Waals surface area contributed by atoms with Crippen LogP contribution in [0.5, 0.6) is 0 Å². The molecule has 13 heavy (non-hydrogen) atoms. The molecule has 2 rings (SSSR count). The minimum absolute atomic E-state index is 0.546. The van der Waals surface area contributed by atoms with E-state index in [9.17, 15) is 0 Å². The monoisotopic (exact) mass is 184 g/mol. The highest BCUT2D eigenvalue weighted by molar-refractivity contribution is 4.90. The molecule has 0 aromatic carbocycles. The Labute approximate surface area is 80.0 Å². The highest BCUT2D eigenvalue weighted by Gasteiger charge is 2.35. The average Bonchev–Trinajstić information content (AvgIpc) is 2.20. The van der Waals surface area contributed by atoms with E-state index >= 15 is 0 Å². The van der Waals surface area contributed by atoms with Crippen LogP contribution in [0, 0.1) is 5.41 Å². The Hall–Kier alpha value is -0.120. The van der Waals surface area contributed by atoms with Crippen molar-refractivity contribution in [3.8, 4) is 0 Å². The lowest BCUT2D eigenvalue weighted by Gasteiger charge is -2.43. The minimum Gasteiger partial charge on any atom is -0.381 e. The van der Waals surface area contributed by atoms with Gasteiger partial charge in [-0.3, -0.25) is 0 Å². The molecule has 2 aliphatic rings. The molecule has 0 bridgehead atoms. The van der Waals surface area contributed by atoms with Crippen LogP contribution in [0.3, 0.4) is 0 Å². The quantitative estimate of drug-likeness (QED) is 0.623. The van der Waals surface area contributed by atoms with Crippen LogP contribution in [0.1, 0.15) is 25.7 Å². The maximum atomic E-state index is 5.63.